The fourth-order valence-corrected chi connectivity index (χ4v) is 2.39. The molecule has 1 atom stereocenters. The van der Waals surface area contributed by atoms with Gasteiger partial charge in [0.15, 0.2) is 6.29 Å². The van der Waals surface area contributed by atoms with Crippen LogP contribution in [0.4, 0.5) is 4.39 Å². The third-order valence-electron chi connectivity index (χ3n) is 2.71. The molecule has 0 bridgehead atoms. The number of ether oxygens (including phenoxy) is 2. The lowest BCUT2D eigenvalue weighted by Crippen LogP contribution is -2.43. The summed E-state index contributed by atoms with van der Waals surface area (Å²) in [6.07, 6.45) is 0.364. The maximum Gasteiger partial charge on any atom is 0.172 e. The van der Waals surface area contributed by atoms with Crippen LogP contribution in [-0.2, 0) is 15.9 Å². The Morgan fingerprint density at radius 1 is 1.33 bits per heavy atom. The minimum Gasteiger partial charge on any atom is -0.354 e. The molecule has 1 aromatic rings. The van der Waals surface area contributed by atoms with E-state index in [1.807, 2.05) is 6.92 Å². The van der Waals surface area contributed by atoms with E-state index in [-0.39, 0.29) is 18.1 Å². The molecule has 0 amide bonds. The van der Waals surface area contributed by atoms with E-state index in [1.165, 1.54) is 12.1 Å². The van der Waals surface area contributed by atoms with Gasteiger partial charge in [-0.2, -0.15) is 0 Å². The Balaban J connectivity index is 2.82. The number of hydrogen-bond donors (Lipinski definition) is 1. The van der Waals surface area contributed by atoms with Gasteiger partial charge in [-0.3, -0.25) is 0 Å². The highest BCUT2D eigenvalue weighted by Gasteiger charge is 2.21. The normalized spacial score (nSPS) is 13.0. The Morgan fingerprint density at radius 3 is 2.50 bits per heavy atom. The van der Waals surface area contributed by atoms with Crippen molar-refractivity contribution in [1.82, 2.24) is 5.32 Å². The summed E-state index contributed by atoms with van der Waals surface area (Å²) in [6, 6.07) is 4.71. The van der Waals surface area contributed by atoms with Crippen molar-refractivity contribution in [3.8, 4) is 0 Å². The lowest BCUT2D eigenvalue weighted by molar-refractivity contribution is -0.122. The van der Waals surface area contributed by atoms with Gasteiger partial charge in [0.1, 0.15) is 5.82 Å². The molecule has 1 rings (SSSR count). The molecule has 0 saturated heterocycles. The zero-order valence-electron chi connectivity index (χ0n) is 10.9. The molecule has 18 heavy (non-hydrogen) atoms. The topological polar surface area (TPSA) is 30.5 Å². The fraction of sp³-hybridized carbons (Fsp3) is 0.538. The summed E-state index contributed by atoms with van der Waals surface area (Å²) in [6.45, 7) is 2.84. The summed E-state index contributed by atoms with van der Waals surface area (Å²) in [5.74, 6) is -0.249. The lowest BCUT2D eigenvalue weighted by Gasteiger charge is -2.25. The van der Waals surface area contributed by atoms with Crippen molar-refractivity contribution in [2.75, 3.05) is 20.8 Å². The van der Waals surface area contributed by atoms with Gasteiger partial charge < -0.3 is 14.8 Å². The van der Waals surface area contributed by atoms with Gasteiger partial charge in [-0.1, -0.05) is 28.9 Å². The number of nitrogens with one attached hydrogen (secondary N) is 1. The fourth-order valence-electron chi connectivity index (χ4n) is 1.88. The van der Waals surface area contributed by atoms with E-state index in [0.29, 0.717) is 6.42 Å². The Kier molecular flexibility index (Phi) is 6.78. The molecule has 1 aromatic carbocycles. The summed E-state index contributed by atoms with van der Waals surface area (Å²) in [5.41, 5.74) is 1.02. The molecule has 102 valence electrons. The van der Waals surface area contributed by atoms with Crippen molar-refractivity contribution in [2.24, 2.45) is 0 Å². The third kappa shape index (κ3) is 4.31. The molecular weight excluding hydrogens is 301 g/mol. The van der Waals surface area contributed by atoms with Crippen LogP contribution >= 0.6 is 15.9 Å². The number of rotatable bonds is 7. The smallest absolute Gasteiger partial charge is 0.172 e. The number of benzene rings is 1. The van der Waals surface area contributed by atoms with Gasteiger partial charge in [0, 0.05) is 18.7 Å². The average Bonchev–Trinajstić information content (AvgIpc) is 2.34. The third-order valence-corrected chi connectivity index (χ3v) is 3.45. The standard InChI is InChI=1S/C13H19BrFNO2/c1-4-16-12(13(17-2)18-3)7-9-5-6-10(15)8-11(9)14/h5-6,8,12-13,16H,4,7H2,1-3H3. The van der Waals surface area contributed by atoms with E-state index in [1.54, 1.807) is 20.3 Å². The lowest BCUT2D eigenvalue weighted by atomic mass is 10.1. The summed E-state index contributed by atoms with van der Waals surface area (Å²) in [5, 5.41) is 3.31. The van der Waals surface area contributed by atoms with Gasteiger partial charge in [0.25, 0.3) is 0 Å². The van der Waals surface area contributed by atoms with Gasteiger partial charge >= 0.3 is 0 Å². The minimum atomic E-state index is -0.332. The van der Waals surface area contributed by atoms with Crippen LogP contribution in [0, 0.1) is 5.82 Å². The minimum absolute atomic E-state index is 0.0201. The van der Waals surface area contributed by atoms with Crippen LogP contribution in [0.25, 0.3) is 0 Å². The molecule has 1 N–H and O–H groups in total. The Bertz CT molecular complexity index is 372. The molecule has 0 fully saturated rings. The highest BCUT2D eigenvalue weighted by Crippen LogP contribution is 2.20. The molecule has 1 unspecified atom stereocenters. The van der Waals surface area contributed by atoms with Crippen LogP contribution in [0.1, 0.15) is 12.5 Å². The first-order valence-electron chi connectivity index (χ1n) is 5.85. The summed E-state index contributed by atoms with van der Waals surface area (Å²) in [4.78, 5) is 0. The first-order chi connectivity index (χ1) is 8.62. The van der Waals surface area contributed by atoms with Crippen molar-refractivity contribution in [3.63, 3.8) is 0 Å². The molecule has 0 aliphatic carbocycles. The van der Waals surface area contributed by atoms with Gasteiger partial charge in [0.05, 0.1) is 6.04 Å². The van der Waals surface area contributed by atoms with Crippen molar-refractivity contribution in [3.05, 3.63) is 34.1 Å². The molecule has 0 radical (unpaired) electrons. The highest BCUT2D eigenvalue weighted by molar-refractivity contribution is 9.10. The van der Waals surface area contributed by atoms with E-state index < -0.39 is 0 Å². The van der Waals surface area contributed by atoms with Crippen molar-refractivity contribution in [2.45, 2.75) is 25.7 Å². The van der Waals surface area contributed by atoms with Crippen LogP contribution in [0.15, 0.2) is 22.7 Å². The maximum absolute atomic E-state index is 13.0. The van der Waals surface area contributed by atoms with E-state index in [2.05, 4.69) is 21.2 Å². The van der Waals surface area contributed by atoms with Gasteiger partial charge in [-0.05, 0) is 30.7 Å². The quantitative estimate of drug-likeness (QED) is 0.784. The maximum atomic E-state index is 13.0. The van der Waals surface area contributed by atoms with Gasteiger partial charge in [-0.15, -0.1) is 0 Å². The van der Waals surface area contributed by atoms with Crippen LogP contribution < -0.4 is 5.32 Å². The van der Waals surface area contributed by atoms with Crippen molar-refractivity contribution >= 4 is 15.9 Å². The largest absolute Gasteiger partial charge is 0.354 e. The van der Waals surface area contributed by atoms with E-state index >= 15 is 0 Å². The van der Waals surface area contributed by atoms with E-state index in [4.69, 9.17) is 9.47 Å². The van der Waals surface area contributed by atoms with Gasteiger partial charge in [0.2, 0.25) is 0 Å². The van der Waals surface area contributed by atoms with Crippen LogP contribution in [0.2, 0.25) is 0 Å². The second-order valence-corrected chi connectivity index (χ2v) is 4.80. The predicted molar refractivity (Wildman–Crippen MR) is 73.1 cm³/mol. The number of likely N-dealkylation sites (N-methyl/N-ethyl adjacent to an activating group) is 1. The SMILES string of the molecule is CCNC(Cc1ccc(F)cc1Br)C(OC)OC. The average molecular weight is 320 g/mol. The summed E-state index contributed by atoms with van der Waals surface area (Å²) in [7, 11) is 3.22. The zero-order chi connectivity index (χ0) is 13.5. The number of halogens is 2. The second-order valence-electron chi connectivity index (χ2n) is 3.94. The first kappa shape index (κ1) is 15.6. The van der Waals surface area contributed by atoms with Crippen molar-refractivity contribution in [1.29, 1.82) is 0 Å². The highest BCUT2D eigenvalue weighted by atomic mass is 79.9. The molecule has 0 heterocycles. The van der Waals surface area contributed by atoms with Crippen LogP contribution in [0.5, 0.6) is 0 Å². The summed E-state index contributed by atoms with van der Waals surface area (Å²) >= 11 is 3.37. The molecule has 5 heteroatoms. The molecule has 0 aliphatic rings. The van der Waals surface area contributed by atoms with Crippen LogP contribution in [0.3, 0.4) is 0 Å². The zero-order valence-corrected chi connectivity index (χ0v) is 12.5. The Morgan fingerprint density at radius 2 is 2.00 bits per heavy atom. The number of methoxy groups -OCH3 is 2. The van der Waals surface area contributed by atoms with Crippen molar-refractivity contribution < 1.29 is 13.9 Å². The molecule has 3 nitrogen and oxygen atoms in total. The molecular formula is C13H19BrFNO2. The molecule has 0 aromatic heterocycles. The summed E-state index contributed by atoms with van der Waals surface area (Å²) < 4.78 is 24.3. The Hall–Kier alpha value is -0.490. The monoisotopic (exact) mass is 319 g/mol. The number of hydrogen-bond acceptors (Lipinski definition) is 3. The molecule has 0 saturated carbocycles. The molecule has 0 aliphatic heterocycles. The second kappa shape index (κ2) is 7.84. The van der Waals surface area contributed by atoms with Gasteiger partial charge in [-0.25, -0.2) is 4.39 Å². The predicted octanol–water partition coefficient (Wildman–Crippen LogP) is 2.73. The first-order valence-corrected chi connectivity index (χ1v) is 6.64. The van der Waals surface area contributed by atoms with E-state index in [9.17, 15) is 4.39 Å². The van der Waals surface area contributed by atoms with E-state index in [0.717, 1.165) is 16.6 Å². The van der Waals surface area contributed by atoms with Crippen LogP contribution in [-0.4, -0.2) is 33.1 Å². The Labute approximate surface area is 116 Å². The molecule has 0 spiro atoms.